The predicted molar refractivity (Wildman–Crippen MR) is 64.8 cm³/mol. The minimum absolute atomic E-state index is 0.0545. The van der Waals surface area contributed by atoms with Gasteiger partial charge in [0.15, 0.2) is 0 Å². The summed E-state index contributed by atoms with van der Waals surface area (Å²) in [7, 11) is -3.51. The van der Waals surface area contributed by atoms with E-state index in [2.05, 4.69) is 4.72 Å². The van der Waals surface area contributed by atoms with Crippen molar-refractivity contribution in [3.63, 3.8) is 0 Å². The summed E-state index contributed by atoms with van der Waals surface area (Å²) < 4.78 is 33.1. The zero-order valence-corrected chi connectivity index (χ0v) is 11.4. The summed E-state index contributed by atoms with van der Waals surface area (Å²) in [5, 5.41) is 9.35. The largest absolute Gasteiger partial charge is 0.392 e. The van der Waals surface area contributed by atoms with Crippen LogP contribution in [-0.2, 0) is 14.9 Å². The molecule has 1 aliphatic rings. The van der Waals surface area contributed by atoms with Crippen LogP contribution in [0.15, 0.2) is 0 Å². The van der Waals surface area contributed by atoms with Gasteiger partial charge in [-0.05, 0) is 20.3 Å². The highest BCUT2D eigenvalue weighted by atomic mass is 32.2. The maximum absolute atomic E-state index is 11.9. The zero-order valence-electron chi connectivity index (χ0n) is 10.6. The van der Waals surface area contributed by atoms with E-state index in [9.17, 15) is 13.5 Å². The van der Waals surface area contributed by atoms with Gasteiger partial charge in [-0.25, -0.2) is 0 Å². The Kier molecular flexibility index (Phi) is 5.33. The maximum atomic E-state index is 11.9. The molecule has 1 aliphatic heterocycles. The van der Waals surface area contributed by atoms with Gasteiger partial charge in [0, 0.05) is 19.6 Å². The van der Waals surface area contributed by atoms with Crippen LogP contribution in [0.4, 0.5) is 0 Å². The van der Waals surface area contributed by atoms with Gasteiger partial charge in [-0.3, -0.25) is 0 Å². The lowest BCUT2D eigenvalue weighted by Gasteiger charge is -2.34. The lowest BCUT2D eigenvalue weighted by molar-refractivity contribution is -0.0444. The molecule has 0 aromatic heterocycles. The predicted octanol–water partition coefficient (Wildman–Crippen LogP) is -0.299. The molecule has 0 bridgehead atoms. The molecule has 0 radical (unpaired) electrons. The fourth-order valence-corrected chi connectivity index (χ4v) is 3.16. The standard InChI is InChI=1S/C10H22N2O4S/c1-4-10(13)5-11-17(14,15)12-6-8(2)16-9(3)7-12/h8-11,13H,4-7H2,1-3H3. The summed E-state index contributed by atoms with van der Waals surface area (Å²) >= 11 is 0. The Balaban J connectivity index is 2.57. The molecule has 102 valence electrons. The van der Waals surface area contributed by atoms with E-state index in [-0.39, 0.29) is 18.8 Å². The molecule has 2 N–H and O–H groups in total. The van der Waals surface area contributed by atoms with E-state index in [0.717, 1.165) is 0 Å². The molecule has 6 nitrogen and oxygen atoms in total. The summed E-state index contributed by atoms with van der Waals surface area (Å²) in [6.45, 7) is 6.25. The van der Waals surface area contributed by atoms with Crippen LogP contribution in [0, 0.1) is 0 Å². The quantitative estimate of drug-likeness (QED) is 0.716. The molecule has 1 saturated heterocycles. The molecule has 1 rings (SSSR count). The number of hydrogen-bond donors (Lipinski definition) is 2. The minimum Gasteiger partial charge on any atom is -0.392 e. The Bertz CT molecular complexity index is 323. The number of ether oxygens (including phenoxy) is 1. The Morgan fingerprint density at radius 3 is 2.41 bits per heavy atom. The van der Waals surface area contributed by atoms with Crippen molar-refractivity contribution in [1.29, 1.82) is 0 Å². The van der Waals surface area contributed by atoms with Gasteiger partial charge in [0.2, 0.25) is 0 Å². The molecule has 0 amide bonds. The maximum Gasteiger partial charge on any atom is 0.279 e. The van der Waals surface area contributed by atoms with Crippen molar-refractivity contribution in [1.82, 2.24) is 9.03 Å². The van der Waals surface area contributed by atoms with Gasteiger partial charge in [0.05, 0.1) is 18.3 Å². The number of nitrogens with one attached hydrogen (secondary N) is 1. The molecule has 0 aliphatic carbocycles. The number of morpholine rings is 1. The van der Waals surface area contributed by atoms with Crippen molar-refractivity contribution < 1.29 is 18.3 Å². The fraction of sp³-hybridized carbons (Fsp3) is 1.00. The van der Waals surface area contributed by atoms with Gasteiger partial charge in [0.25, 0.3) is 10.2 Å². The topological polar surface area (TPSA) is 78.9 Å². The summed E-state index contributed by atoms with van der Waals surface area (Å²) in [6, 6.07) is 0. The highest BCUT2D eigenvalue weighted by molar-refractivity contribution is 7.87. The zero-order chi connectivity index (χ0) is 13.1. The van der Waals surface area contributed by atoms with E-state index in [1.54, 1.807) is 6.92 Å². The lowest BCUT2D eigenvalue weighted by atomic mass is 10.3. The normalized spacial score (nSPS) is 29.2. The van der Waals surface area contributed by atoms with Crippen molar-refractivity contribution in [2.45, 2.75) is 45.5 Å². The van der Waals surface area contributed by atoms with Crippen LogP contribution in [0.3, 0.4) is 0 Å². The molecule has 0 aromatic carbocycles. The van der Waals surface area contributed by atoms with Crippen LogP contribution in [0.25, 0.3) is 0 Å². The van der Waals surface area contributed by atoms with E-state index in [1.165, 1.54) is 4.31 Å². The lowest BCUT2D eigenvalue weighted by Crippen LogP contribution is -2.52. The van der Waals surface area contributed by atoms with E-state index >= 15 is 0 Å². The molecule has 0 aromatic rings. The van der Waals surface area contributed by atoms with Gasteiger partial charge in [-0.15, -0.1) is 0 Å². The Morgan fingerprint density at radius 1 is 1.41 bits per heavy atom. The van der Waals surface area contributed by atoms with Crippen molar-refractivity contribution in [3.8, 4) is 0 Å². The van der Waals surface area contributed by atoms with Crippen molar-refractivity contribution in [2.24, 2.45) is 0 Å². The Morgan fingerprint density at radius 2 is 1.94 bits per heavy atom. The molecule has 3 unspecified atom stereocenters. The van der Waals surface area contributed by atoms with Gasteiger partial charge >= 0.3 is 0 Å². The first-order valence-corrected chi connectivity index (χ1v) is 7.37. The number of nitrogens with zero attached hydrogens (tertiary/aromatic N) is 1. The average molecular weight is 266 g/mol. The monoisotopic (exact) mass is 266 g/mol. The molecule has 3 atom stereocenters. The van der Waals surface area contributed by atoms with Crippen LogP contribution >= 0.6 is 0 Å². The summed E-state index contributed by atoms with van der Waals surface area (Å²) in [5.41, 5.74) is 0. The molecular formula is C10H22N2O4S. The molecule has 17 heavy (non-hydrogen) atoms. The molecule has 0 spiro atoms. The first kappa shape index (κ1) is 14.8. The molecular weight excluding hydrogens is 244 g/mol. The second-order valence-corrected chi connectivity index (χ2v) is 6.25. The van der Waals surface area contributed by atoms with Crippen LogP contribution in [-0.4, -0.2) is 55.8 Å². The van der Waals surface area contributed by atoms with E-state index < -0.39 is 16.3 Å². The van der Waals surface area contributed by atoms with Crippen molar-refractivity contribution in [3.05, 3.63) is 0 Å². The SMILES string of the molecule is CCC(O)CNS(=O)(=O)N1CC(C)OC(C)C1. The number of hydrogen-bond acceptors (Lipinski definition) is 4. The van der Waals surface area contributed by atoms with Crippen LogP contribution < -0.4 is 4.72 Å². The first-order valence-electron chi connectivity index (χ1n) is 5.93. The van der Waals surface area contributed by atoms with Crippen molar-refractivity contribution in [2.75, 3.05) is 19.6 Å². The van der Waals surface area contributed by atoms with E-state index in [0.29, 0.717) is 19.5 Å². The third-order valence-electron chi connectivity index (χ3n) is 2.70. The first-order chi connectivity index (χ1) is 7.85. The Hall–Kier alpha value is -0.210. The summed E-state index contributed by atoms with van der Waals surface area (Å²) in [5.74, 6) is 0. The third kappa shape index (κ3) is 4.51. The van der Waals surface area contributed by atoms with Crippen LogP contribution in [0.2, 0.25) is 0 Å². The molecule has 1 heterocycles. The summed E-state index contributed by atoms with van der Waals surface area (Å²) in [6.07, 6.45) is -0.322. The van der Waals surface area contributed by atoms with Gasteiger partial charge in [0.1, 0.15) is 0 Å². The number of aliphatic hydroxyl groups is 1. The average Bonchev–Trinajstić information content (AvgIpc) is 2.24. The second-order valence-electron chi connectivity index (χ2n) is 4.49. The van der Waals surface area contributed by atoms with Gasteiger partial charge in [-0.2, -0.15) is 17.4 Å². The third-order valence-corrected chi connectivity index (χ3v) is 4.21. The highest BCUT2D eigenvalue weighted by Crippen LogP contribution is 2.13. The fourth-order valence-electron chi connectivity index (χ4n) is 1.76. The van der Waals surface area contributed by atoms with E-state index in [1.807, 2.05) is 13.8 Å². The minimum atomic E-state index is -3.51. The number of aliphatic hydroxyl groups excluding tert-OH is 1. The van der Waals surface area contributed by atoms with Crippen LogP contribution in [0.5, 0.6) is 0 Å². The van der Waals surface area contributed by atoms with Crippen LogP contribution in [0.1, 0.15) is 27.2 Å². The van der Waals surface area contributed by atoms with Crippen molar-refractivity contribution >= 4 is 10.2 Å². The molecule has 0 saturated carbocycles. The second kappa shape index (κ2) is 6.10. The van der Waals surface area contributed by atoms with Gasteiger partial charge in [-0.1, -0.05) is 6.92 Å². The number of rotatable bonds is 5. The summed E-state index contributed by atoms with van der Waals surface area (Å²) in [4.78, 5) is 0. The molecule has 1 fully saturated rings. The molecule has 7 heteroatoms. The smallest absolute Gasteiger partial charge is 0.279 e. The highest BCUT2D eigenvalue weighted by Gasteiger charge is 2.30. The Labute approximate surface area is 103 Å². The van der Waals surface area contributed by atoms with Gasteiger partial charge < -0.3 is 9.84 Å². The van der Waals surface area contributed by atoms with E-state index in [4.69, 9.17) is 4.74 Å².